The van der Waals surface area contributed by atoms with Gasteiger partial charge in [-0.05, 0) is 0 Å². The molecule has 2 aliphatic rings. The summed E-state index contributed by atoms with van der Waals surface area (Å²) in [6.07, 6.45) is -0.0249. The summed E-state index contributed by atoms with van der Waals surface area (Å²) >= 11 is -2.43. The van der Waals surface area contributed by atoms with Crippen molar-refractivity contribution >= 4 is 22.7 Å². The van der Waals surface area contributed by atoms with Crippen LogP contribution in [0.3, 0.4) is 0 Å². The van der Waals surface area contributed by atoms with Gasteiger partial charge in [0.15, 0.2) is 0 Å². The Kier molecular flexibility index (Phi) is 13.3. The minimum absolute atomic E-state index is 0. The molecule has 4 aromatic carbocycles. The molecule has 50 heavy (non-hydrogen) atoms. The fraction of sp³-hybridized carbons (Fsp3) is 0.300. The first kappa shape index (κ1) is 40.7. The minimum Gasteiger partial charge on any atom is -1.00 e. The van der Waals surface area contributed by atoms with Crippen molar-refractivity contribution in [3.8, 4) is 22.3 Å². The van der Waals surface area contributed by atoms with Crippen LogP contribution in [-0.2, 0) is 31.6 Å². The molecule has 10 heteroatoms. The van der Waals surface area contributed by atoms with Crippen molar-refractivity contribution < 1.29 is 70.4 Å². The van der Waals surface area contributed by atoms with Gasteiger partial charge in [-0.15, -0.1) is 0 Å². The van der Waals surface area contributed by atoms with Crippen LogP contribution in [0.4, 0.5) is 26.3 Å². The summed E-state index contributed by atoms with van der Waals surface area (Å²) in [6, 6.07) is 23.8. The molecule has 0 heterocycles. The van der Waals surface area contributed by atoms with Gasteiger partial charge in [0.05, 0.1) is 0 Å². The summed E-state index contributed by atoms with van der Waals surface area (Å²) in [5, 5.41) is 0. The summed E-state index contributed by atoms with van der Waals surface area (Å²) in [4.78, 5) is 0. The molecule has 0 N–H and O–H groups in total. The van der Waals surface area contributed by atoms with Gasteiger partial charge < -0.3 is 24.8 Å². The largest absolute Gasteiger partial charge is 1.00 e. The maximum atomic E-state index is 13.4. The van der Waals surface area contributed by atoms with Gasteiger partial charge in [0, 0.05) is 0 Å². The Balaban J connectivity index is 0.00000281. The van der Waals surface area contributed by atoms with Crippen LogP contribution >= 0.6 is 0 Å². The zero-order chi connectivity index (χ0) is 34.4. The van der Waals surface area contributed by atoms with Crippen LogP contribution in [-0.4, -0.2) is 10.6 Å². The van der Waals surface area contributed by atoms with Crippen molar-refractivity contribution in [2.75, 3.05) is 0 Å². The van der Waals surface area contributed by atoms with Crippen LogP contribution in [0, 0.1) is 0 Å². The van der Waals surface area contributed by atoms with Crippen LogP contribution in [0.25, 0.3) is 34.4 Å². The van der Waals surface area contributed by atoms with E-state index >= 15 is 0 Å². The fourth-order valence-corrected chi connectivity index (χ4v) is 44.4. The summed E-state index contributed by atoms with van der Waals surface area (Å²) in [6.45, 7) is 4.42. The van der Waals surface area contributed by atoms with Crippen molar-refractivity contribution in [2.45, 2.75) is 70.6 Å². The Morgan fingerprint density at radius 3 is 1.22 bits per heavy atom. The summed E-state index contributed by atoms with van der Waals surface area (Å²) in [5.41, 5.74) is 10.2. The normalized spacial score (nSPS) is 16.6. The number of hydrogen-bond acceptors (Lipinski definition) is 0. The van der Waals surface area contributed by atoms with Gasteiger partial charge in [-0.2, -0.15) is 0 Å². The fourth-order valence-electron chi connectivity index (χ4n) is 7.74. The molecule has 0 aromatic heterocycles. The molecule has 2 aliphatic carbocycles. The molecule has 0 amide bonds. The number of rotatable bonds is 9. The molecule has 0 radical (unpaired) electrons. The van der Waals surface area contributed by atoms with Crippen LogP contribution < -0.4 is 24.8 Å². The Labute approximate surface area is 313 Å². The maximum Gasteiger partial charge on any atom is -1.00 e. The van der Waals surface area contributed by atoms with E-state index in [1.165, 1.54) is 46.5 Å². The van der Waals surface area contributed by atoms with E-state index in [0.29, 0.717) is 7.25 Å². The number of halogens is 8. The van der Waals surface area contributed by atoms with Gasteiger partial charge in [0.1, 0.15) is 0 Å². The van der Waals surface area contributed by atoms with Crippen molar-refractivity contribution in [1.29, 1.82) is 0 Å². The number of hydrogen-bond donors (Lipinski definition) is 0. The van der Waals surface area contributed by atoms with Crippen molar-refractivity contribution in [3.05, 3.63) is 129 Å². The average Bonchev–Trinajstić information content (AvgIpc) is 3.59. The smallest absolute Gasteiger partial charge is 1.00 e. The predicted octanol–water partition coefficient (Wildman–Crippen LogP) is 6.84. The zero-order valence-corrected chi connectivity index (χ0v) is 34.7. The van der Waals surface area contributed by atoms with Crippen molar-refractivity contribution in [2.24, 2.45) is 0 Å². The first-order valence-corrected chi connectivity index (χ1v) is 33.0. The van der Waals surface area contributed by atoms with Gasteiger partial charge in [-0.25, -0.2) is 0 Å². The summed E-state index contributed by atoms with van der Waals surface area (Å²) < 4.78 is 81.0. The SMILES string of the molecule is CCCC1=Cc2c(-c3ccc(C(F)(F)F)cc3)cccc2[CH]1[Zr+2]([CH]1C(CCC)=Cc2c(-c3ccc(C(F)(F)F)cc3)cccc21)[GeH]([CH3])[CH3].[Cl-].[Cl-]. The number of fused-ring (bicyclic) bond motifs is 2. The summed E-state index contributed by atoms with van der Waals surface area (Å²) in [5.74, 6) is 5.09. The van der Waals surface area contributed by atoms with E-state index in [9.17, 15) is 26.3 Å². The first-order chi connectivity index (χ1) is 22.8. The molecule has 4 aromatic rings. The third-order valence-electron chi connectivity index (χ3n) is 9.76. The minimum atomic E-state index is -4.38. The summed E-state index contributed by atoms with van der Waals surface area (Å²) in [7, 11) is -1.79. The monoisotopic (exact) mass is 867 g/mol. The van der Waals surface area contributed by atoms with Gasteiger partial charge in [0.25, 0.3) is 0 Å². The maximum absolute atomic E-state index is 13.4. The van der Waals surface area contributed by atoms with Crippen molar-refractivity contribution in [1.82, 2.24) is 0 Å². The molecule has 0 aliphatic heterocycles. The number of alkyl halides is 6. The third kappa shape index (κ3) is 7.97. The second-order valence-corrected chi connectivity index (χ2v) is 46.4. The second-order valence-electron chi connectivity index (χ2n) is 13.2. The Morgan fingerprint density at radius 2 is 0.920 bits per heavy atom. The number of allylic oxidation sites excluding steroid dienone is 2. The topological polar surface area (TPSA) is 0 Å². The van der Waals surface area contributed by atoms with Gasteiger partial charge in [0.2, 0.25) is 0 Å². The Morgan fingerprint density at radius 1 is 0.560 bits per heavy atom. The molecule has 0 spiro atoms. The van der Waals surface area contributed by atoms with E-state index in [1.807, 2.05) is 12.1 Å². The van der Waals surface area contributed by atoms with E-state index in [0.717, 1.165) is 59.1 Å². The molecule has 0 bridgehead atoms. The van der Waals surface area contributed by atoms with Gasteiger partial charge >= 0.3 is 291 Å². The van der Waals surface area contributed by atoms with Crippen LogP contribution in [0.2, 0.25) is 11.5 Å². The van der Waals surface area contributed by atoms with E-state index in [1.54, 1.807) is 24.3 Å². The van der Waals surface area contributed by atoms with E-state index < -0.39 is 53.3 Å². The quantitative estimate of drug-likeness (QED) is 0.128. The molecule has 263 valence electrons. The van der Waals surface area contributed by atoms with E-state index in [-0.39, 0.29) is 24.8 Å². The Bertz CT molecular complexity index is 1730. The zero-order valence-electron chi connectivity index (χ0n) is 28.3. The Hall–Kier alpha value is -2.05. The van der Waals surface area contributed by atoms with Crippen molar-refractivity contribution in [3.63, 3.8) is 0 Å². The number of benzene rings is 4. The molecule has 0 saturated heterocycles. The molecule has 0 fully saturated rings. The average molecular weight is 868 g/mol. The molecule has 0 nitrogen and oxygen atoms in total. The van der Waals surface area contributed by atoms with E-state index in [2.05, 4.69) is 61.8 Å². The standard InChI is InChI=1S/2C19H16F3.C2H7Ge.2ClH.Zr/c2*1-2-4-13-11-15-5-3-6-17(18(15)12-13)14-7-9-16(10-8-14)19(20,21)22;1-3-2;;;/h2*3,5-12H,2,4H2,1H3;3H,1-2H3;2*1H;/q;;;;;+2/p-2. The third-order valence-corrected chi connectivity index (χ3v) is 44.5. The van der Waals surface area contributed by atoms with Crippen LogP contribution in [0.15, 0.2) is 96.1 Å². The predicted molar refractivity (Wildman–Crippen MR) is 184 cm³/mol. The molecule has 0 saturated carbocycles. The molecule has 6 rings (SSSR count). The molecular formula is C40H39Cl2F6GeZr. The first-order valence-electron chi connectivity index (χ1n) is 16.7. The van der Waals surface area contributed by atoms with Crippen LogP contribution in [0.1, 0.15) is 80.2 Å². The van der Waals surface area contributed by atoms with E-state index in [4.69, 9.17) is 0 Å². The molecule has 2 atom stereocenters. The second kappa shape index (κ2) is 16.3. The molecule has 2 unspecified atom stereocenters. The van der Waals surface area contributed by atoms with Crippen LogP contribution in [0.5, 0.6) is 0 Å². The van der Waals surface area contributed by atoms with Gasteiger partial charge in [-0.3, -0.25) is 0 Å². The van der Waals surface area contributed by atoms with Gasteiger partial charge in [-0.1, -0.05) is 0 Å². The molecular weight excluding hydrogens is 829 g/mol.